The Morgan fingerprint density at radius 3 is 2.20 bits per heavy atom. The molecule has 0 aliphatic rings. The van der Waals surface area contributed by atoms with Crippen LogP contribution in [-0.4, -0.2) is 35.1 Å². The number of carboxylic acids is 1. The second kappa shape index (κ2) is 6.10. The van der Waals surface area contributed by atoms with Crippen molar-refractivity contribution in [2.45, 2.75) is 31.8 Å². The molecule has 0 unspecified atom stereocenters. The summed E-state index contributed by atoms with van der Waals surface area (Å²) in [5.41, 5.74) is 10.4. The quantitative estimate of drug-likeness (QED) is 0.381. The van der Waals surface area contributed by atoms with Crippen LogP contribution in [0.4, 0.5) is 0 Å². The van der Waals surface area contributed by atoms with Crippen molar-refractivity contribution in [3.8, 4) is 0 Å². The Labute approximate surface area is 86.4 Å². The van der Waals surface area contributed by atoms with E-state index in [4.69, 9.17) is 16.6 Å². The summed E-state index contributed by atoms with van der Waals surface area (Å²) >= 11 is 0. The molecule has 5 N–H and O–H groups in total. The van der Waals surface area contributed by atoms with Crippen LogP contribution in [-0.2, 0) is 19.1 Å². The number of carbonyl (C=O) groups excluding carboxylic acids is 2. The van der Waals surface area contributed by atoms with Crippen LogP contribution in [0.3, 0.4) is 0 Å². The predicted octanol–water partition coefficient (Wildman–Crippen LogP) is -1.40. The second-order valence-electron chi connectivity index (χ2n) is 3.07. The first kappa shape index (κ1) is 13.5. The van der Waals surface area contributed by atoms with Gasteiger partial charge in [0.2, 0.25) is 0 Å². The Bertz CT molecular complexity index is 264. The van der Waals surface area contributed by atoms with E-state index in [9.17, 15) is 14.4 Å². The molecule has 0 aromatic rings. The van der Waals surface area contributed by atoms with E-state index >= 15 is 0 Å². The molecule has 0 saturated carbocycles. The summed E-state index contributed by atoms with van der Waals surface area (Å²) in [5.74, 6) is -2.92. The van der Waals surface area contributed by atoms with E-state index in [0.717, 1.165) is 0 Å². The molecule has 0 amide bonds. The number of carboxylic acid groups (broad SMARTS) is 1. The van der Waals surface area contributed by atoms with E-state index < -0.39 is 30.0 Å². The van der Waals surface area contributed by atoms with Gasteiger partial charge in [-0.05, 0) is 13.3 Å². The highest BCUT2D eigenvalue weighted by molar-refractivity contribution is 5.90. The molecular formula is C8H14N2O5. The lowest BCUT2D eigenvalue weighted by Gasteiger charge is -2.10. The number of hydrogen-bond donors (Lipinski definition) is 3. The maximum absolute atomic E-state index is 11.1. The fourth-order valence-corrected chi connectivity index (χ4v) is 0.665. The monoisotopic (exact) mass is 218 g/mol. The number of ether oxygens (including phenoxy) is 1. The van der Waals surface area contributed by atoms with Crippen molar-refractivity contribution in [2.24, 2.45) is 11.5 Å². The van der Waals surface area contributed by atoms with E-state index in [1.165, 1.54) is 6.92 Å². The van der Waals surface area contributed by atoms with Gasteiger partial charge < -0.3 is 21.3 Å². The molecule has 0 bridgehead atoms. The Morgan fingerprint density at radius 1 is 1.27 bits per heavy atom. The minimum atomic E-state index is -1.12. The van der Waals surface area contributed by atoms with Crippen molar-refractivity contribution in [1.29, 1.82) is 0 Å². The number of nitrogens with two attached hydrogens (primary N) is 2. The summed E-state index contributed by atoms with van der Waals surface area (Å²) in [6.45, 7) is 1.36. The van der Waals surface area contributed by atoms with Gasteiger partial charge in [0.05, 0.1) is 0 Å². The molecule has 7 heteroatoms. The van der Waals surface area contributed by atoms with Crippen LogP contribution < -0.4 is 11.5 Å². The van der Waals surface area contributed by atoms with Gasteiger partial charge in [0.15, 0.2) is 0 Å². The van der Waals surface area contributed by atoms with Crippen LogP contribution in [0.15, 0.2) is 0 Å². The van der Waals surface area contributed by atoms with Gasteiger partial charge in [-0.1, -0.05) is 0 Å². The van der Waals surface area contributed by atoms with Crippen molar-refractivity contribution in [1.82, 2.24) is 0 Å². The Kier molecular flexibility index (Phi) is 5.50. The summed E-state index contributed by atoms with van der Waals surface area (Å²) in [4.78, 5) is 32.1. The summed E-state index contributed by atoms with van der Waals surface area (Å²) in [6, 6.07) is -2.04. The first-order valence-corrected chi connectivity index (χ1v) is 4.33. The zero-order valence-electron chi connectivity index (χ0n) is 8.30. The third-order valence-corrected chi connectivity index (χ3v) is 1.54. The first-order valence-electron chi connectivity index (χ1n) is 4.33. The van der Waals surface area contributed by atoms with Gasteiger partial charge >= 0.3 is 17.9 Å². The molecule has 0 fully saturated rings. The van der Waals surface area contributed by atoms with Crippen LogP contribution in [0.25, 0.3) is 0 Å². The molecule has 0 aromatic heterocycles. The second-order valence-corrected chi connectivity index (χ2v) is 3.07. The Morgan fingerprint density at radius 2 is 1.80 bits per heavy atom. The topological polar surface area (TPSA) is 133 Å². The summed E-state index contributed by atoms with van der Waals surface area (Å²) in [7, 11) is 0. The third-order valence-electron chi connectivity index (χ3n) is 1.54. The maximum atomic E-state index is 11.1. The highest BCUT2D eigenvalue weighted by Gasteiger charge is 2.21. The van der Waals surface area contributed by atoms with Gasteiger partial charge in [-0.2, -0.15) is 0 Å². The van der Waals surface area contributed by atoms with Gasteiger partial charge in [-0.15, -0.1) is 0 Å². The average molecular weight is 218 g/mol. The van der Waals surface area contributed by atoms with Crippen LogP contribution in [0.2, 0.25) is 0 Å². The predicted molar refractivity (Wildman–Crippen MR) is 49.6 cm³/mol. The van der Waals surface area contributed by atoms with Gasteiger partial charge in [-0.25, -0.2) is 9.59 Å². The molecule has 0 aromatic carbocycles. The number of hydrogen-bond acceptors (Lipinski definition) is 6. The Hall–Kier alpha value is -1.47. The van der Waals surface area contributed by atoms with E-state index in [-0.39, 0.29) is 12.8 Å². The molecule has 0 aliphatic carbocycles. The molecule has 86 valence electrons. The van der Waals surface area contributed by atoms with Crippen LogP contribution in [0.1, 0.15) is 19.8 Å². The molecule has 0 spiro atoms. The smallest absolute Gasteiger partial charge is 0.330 e. The minimum Gasteiger partial charge on any atom is -0.481 e. The molecular weight excluding hydrogens is 204 g/mol. The largest absolute Gasteiger partial charge is 0.481 e. The molecule has 0 rings (SSSR count). The van der Waals surface area contributed by atoms with Crippen molar-refractivity contribution >= 4 is 17.9 Å². The van der Waals surface area contributed by atoms with Gasteiger partial charge in [0.1, 0.15) is 12.1 Å². The molecule has 2 atom stereocenters. The lowest BCUT2D eigenvalue weighted by atomic mass is 10.2. The third kappa shape index (κ3) is 5.76. The van der Waals surface area contributed by atoms with Gasteiger partial charge in [0.25, 0.3) is 0 Å². The van der Waals surface area contributed by atoms with E-state index in [1.54, 1.807) is 0 Å². The maximum Gasteiger partial charge on any atom is 0.330 e. The highest BCUT2D eigenvalue weighted by atomic mass is 16.6. The lowest BCUT2D eigenvalue weighted by molar-refractivity contribution is -0.161. The summed E-state index contributed by atoms with van der Waals surface area (Å²) < 4.78 is 4.29. The highest BCUT2D eigenvalue weighted by Crippen LogP contribution is 1.98. The van der Waals surface area contributed by atoms with Gasteiger partial charge in [0, 0.05) is 6.42 Å². The number of esters is 2. The fraction of sp³-hybridized carbons (Fsp3) is 0.625. The zero-order valence-corrected chi connectivity index (χ0v) is 8.30. The number of aliphatic carboxylic acids is 1. The van der Waals surface area contributed by atoms with E-state index in [1.807, 2.05) is 0 Å². The normalized spacial score (nSPS) is 14.1. The van der Waals surface area contributed by atoms with Gasteiger partial charge in [-0.3, -0.25) is 4.79 Å². The number of rotatable bonds is 5. The first-order chi connectivity index (χ1) is 6.84. The standard InChI is InChI=1S/C8H14N2O5/c1-4(9)7(13)15-8(14)5(10)2-3-6(11)12/h4-5H,2-3,9-10H2,1H3,(H,11,12)/t4-,5-/m0/s1. The molecule has 7 nitrogen and oxygen atoms in total. The average Bonchev–Trinajstić information content (AvgIpc) is 2.13. The van der Waals surface area contributed by atoms with Crippen molar-refractivity contribution in [3.05, 3.63) is 0 Å². The number of carbonyl (C=O) groups is 3. The molecule has 0 radical (unpaired) electrons. The van der Waals surface area contributed by atoms with Crippen LogP contribution in [0, 0.1) is 0 Å². The summed E-state index contributed by atoms with van der Waals surface area (Å²) in [6.07, 6.45) is -0.344. The minimum absolute atomic E-state index is 0.0829. The van der Waals surface area contributed by atoms with E-state index in [2.05, 4.69) is 4.74 Å². The molecule has 0 aliphatic heterocycles. The lowest BCUT2D eigenvalue weighted by Crippen LogP contribution is -2.38. The van der Waals surface area contributed by atoms with Crippen molar-refractivity contribution < 1.29 is 24.2 Å². The van der Waals surface area contributed by atoms with Crippen LogP contribution >= 0.6 is 0 Å². The molecule has 0 saturated heterocycles. The summed E-state index contributed by atoms with van der Waals surface area (Å²) in [5, 5.41) is 8.32. The van der Waals surface area contributed by atoms with Crippen molar-refractivity contribution in [2.75, 3.05) is 0 Å². The SMILES string of the molecule is C[C@H](N)C(=O)OC(=O)[C@@H](N)CCC(=O)O. The molecule has 0 heterocycles. The Balaban J connectivity index is 3.99. The fourth-order valence-electron chi connectivity index (χ4n) is 0.665. The zero-order chi connectivity index (χ0) is 12.0. The van der Waals surface area contributed by atoms with Crippen molar-refractivity contribution in [3.63, 3.8) is 0 Å². The van der Waals surface area contributed by atoms with Crippen LogP contribution in [0.5, 0.6) is 0 Å². The van der Waals surface area contributed by atoms with E-state index in [0.29, 0.717) is 0 Å². The molecule has 15 heavy (non-hydrogen) atoms.